The molecule has 2 aliphatic rings. The molecule has 1 N–H and O–H groups in total. The molecule has 0 radical (unpaired) electrons. The molecule has 1 heterocycles. The van der Waals surface area contributed by atoms with Gasteiger partial charge >= 0.3 is 5.97 Å². The molecule has 2 fully saturated rings. The molecule has 0 unspecified atom stereocenters. The highest BCUT2D eigenvalue weighted by atomic mass is 16.5. The molecule has 164 valence electrons. The first kappa shape index (κ1) is 22.3. The lowest BCUT2D eigenvalue weighted by atomic mass is 9.77. The smallest absolute Gasteiger partial charge is 0.311 e. The van der Waals surface area contributed by atoms with Gasteiger partial charge in [-0.1, -0.05) is 44.4 Å². The molecule has 1 aromatic rings. The third kappa shape index (κ3) is 4.85. The van der Waals surface area contributed by atoms with Crippen LogP contribution in [-0.4, -0.2) is 41.9 Å². The fourth-order valence-corrected chi connectivity index (χ4v) is 5.01. The van der Waals surface area contributed by atoms with E-state index in [-0.39, 0.29) is 30.9 Å². The molecule has 1 saturated carbocycles. The lowest BCUT2D eigenvalue weighted by molar-refractivity contribution is -0.151. The van der Waals surface area contributed by atoms with Gasteiger partial charge in [0.15, 0.2) is 6.61 Å². The normalized spacial score (nSPS) is 26.6. The van der Waals surface area contributed by atoms with E-state index >= 15 is 0 Å². The van der Waals surface area contributed by atoms with Crippen LogP contribution in [-0.2, 0) is 19.1 Å². The molecular weight excluding hydrogens is 380 g/mol. The maximum Gasteiger partial charge on any atom is 0.311 e. The van der Waals surface area contributed by atoms with E-state index in [2.05, 4.69) is 19.2 Å². The molecule has 6 heteroatoms. The summed E-state index contributed by atoms with van der Waals surface area (Å²) in [5, 5.41) is 2.84. The van der Waals surface area contributed by atoms with Crippen molar-refractivity contribution in [3.8, 4) is 0 Å². The van der Waals surface area contributed by atoms with Gasteiger partial charge in [0.1, 0.15) is 0 Å². The van der Waals surface area contributed by atoms with Crippen LogP contribution >= 0.6 is 0 Å². The summed E-state index contributed by atoms with van der Waals surface area (Å²) in [5.41, 5.74) is 3.83. The van der Waals surface area contributed by atoms with E-state index < -0.39 is 11.9 Å². The van der Waals surface area contributed by atoms with E-state index in [0.717, 1.165) is 35.2 Å². The summed E-state index contributed by atoms with van der Waals surface area (Å²) in [4.78, 5) is 39.3. The van der Waals surface area contributed by atoms with Crippen molar-refractivity contribution < 1.29 is 19.1 Å². The van der Waals surface area contributed by atoms with Crippen LogP contribution in [0.4, 0.5) is 5.69 Å². The number of esters is 1. The molecule has 1 saturated heterocycles. The third-order valence-corrected chi connectivity index (χ3v) is 6.84. The number of ether oxygens (including phenoxy) is 1. The zero-order chi connectivity index (χ0) is 22.0. The summed E-state index contributed by atoms with van der Waals surface area (Å²) in [7, 11) is 0. The highest BCUT2D eigenvalue weighted by Gasteiger charge is 2.42. The Morgan fingerprint density at radius 3 is 2.47 bits per heavy atom. The van der Waals surface area contributed by atoms with Crippen LogP contribution in [0.1, 0.15) is 56.2 Å². The zero-order valence-electron chi connectivity index (χ0n) is 18.8. The van der Waals surface area contributed by atoms with Gasteiger partial charge in [0, 0.05) is 24.7 Å². The van der Waals surface area contributed by atoms with Crippen LogP contribution in [0.3, 0.4) is 0 Å². The lowest BCUT2D eigenvalue weighted by Gasteiger charge is -2.39. The Morgan fingerprint density at radius 1 is 1.13 bits per heavy atom. The maximum absolute atomic E-state index is 12.6. The Balaban J connectivity index is 1.53. The van der Waals surface area contributed by atoms with Gasteiger partial charge in [0.25, 0.3) is 5.91 Å². The van der Waals surface area contributed by atoms with E-state index in [0.29, 0.717) is 18.4 Å². The van der Waals surface area contributed by atoms with E-state index in [4.69, 9.17) is 4.74 Å². The number of hydrogen-bond donors (Lipinski definition) is 1. The number of nitrogens with zero attached hydrogens (tertiary/aromatic N) is 1. The van der Waals surface area contributed by atoms with Crippen molar-refractivity contribution in [1.29, 1.82) is 0 Å². The Morgan fingerprint density at radius 2 is 1.80 bits per heavy atom. The van der Waals surface area contributed by atoms with E-state index in [1.165, 1.54) is 6.42 Å². The summed E-state index contributed by atoms with van der Waals surface area (Å²) in [6.07, 6.45) is 3.48. The molecule has 0 aromatic heterocycles. The van der Waals surface area contributed by atoms with Crippen molar-refractivity contribution in [2.45, 2.75) is 66.3 Å². The van der Waals surface area contributed by atoms with E-state index in [1.807, 2.05) is 37.8 Å². The van der Waals surface area contributed by atoms with E-state index in [1.54, 1.807) is 0 Å². The molecule has 1 aliphatic carbocycles. The van der Waals surface area contributed by atoms with Crippen molar-refractivity contribution in [2.75, 3.05) is 18.5 Å². The van der Waals surface area contributed by atoms with Crippen LogP contribution < -0.4 is 5.32 Å². The van der Waals surface area contributed by atoms with Gasteiger partial charge in [-0.15, -0.1) is 0 Å². The number of carbonyl (C=O) groups excluding carboxylic acids is 3. The minimum Gasteiger partial charge on any atom is -0.455 e. The lowest BCUT2D eigenvalue weighted by Crippen LogP contribution is -2.45. The number of nitrogens with one attached hydrogen (secondary N) is 1. The van der Waals surface area contributed by atoms with Gasteiger partial charge in [-0.2, -0.15) is 0 Å². The summed E-state index contributed by atoms with van der Waals surface area (Å²) >= 11 is 0. The minimum atomic E-state index is -0.488. The molecule has 1 aromatic carbocycles. The standard InChI is InChI=1S/C24H34N2O4/c1-14-9-16(3)23(17(4)10-14)25-21(27)13-30-24(29)19-11-22(28)26(12-19)20-8-6-7-15(2)18(20)5/h9-10,15,18-20H,6-8,11-13H2,1-5H3,(H,25,27)/t15-,18-,19+,20+/m0/s1. The molecular formula is C24H34N2O4. The fraction of sp³-hybridized carbons (Fsp3) is 0.625. The van der Waals surface area contributed by atoms with Crippen LogP contribution in [0.15, 0.2) is 12.1 Å². The minimum absolute atomic E-state index is 0.0262. The summed E-state index contributed by atoms with van der Waals surface area (Å²) in [6, 6.07) is 4.20. The van der Waals surface area contributed by atoms with Crippen LogP contribution in [0, 0.1) is 38.5 Å². The SMILES string of the molecule is Cc1cc(C)c(NC(=O)COC(=O)[C@@H]2CC(=O)N([C@@H]3CCC[C@H](C)[C@@H]3C)C2)c(C)c1. The summed E-state index contributed by atoms with van der Waals surface area (Å²) in [6.45, 7) is 10.4. The second kappa shape index (κ2) is 9.19. The van der Waals surface area contributed by atoms with Gasteiger partial charge < -0.3 is 15.0 Å². The van der Waals surface area contributed by atoms with Gasteiger partial charge in [-0.05, 0) is 50.2 Å². The van der Waals surface area contributed by atoms with Crippen molar-refractivity contribution in [1.82, 2.24) is 4.90 Å². The highest BCUT2D eigenvalue weighted by Crippen LogP contribution is 2.36. The number of aryl methyl sites for hydroxylation is 3. The third-order valence-electron chi connectivity index (χ3n) is 6.84. The molecule has 1 aliphatic heterocycles. The first-order valence-corrected chi connectivity index (χ1v) is 11.0. The quantitative estimate of drug-likeness (QED) is 0.744. The molecule has 3 rings (SSSR count). The topological polar surface area (TPSA) is 75.7 Å². The number of hydrogen-bond acceptors (Lipinski definition) is 4. The molecule has 30 heavy (non-hydrogen) atoms. The molecule has 0 bridgehead atoms. The second-order valence-corrected chi connectivity index (χ2v) is 9.21. The Labute approximate surface area is 179 Å². The Hall–Kier alpha value is -2.37. The van der Waals surface area contributed by atoms with Gasteiger partial charge in [-0.25, -0.2) is 0 Å². The van der Waals surface area contributed by atoms with Crippen molar-refractivity contribution in [3.63, 3.8) is 0 Å². The molecule has 6 nitrogen and oxygen atoms in total. The van der Waals surface area contributed by atoms with E-state index in [9.17, 15) is 14.4 Å². The number of likely N-dealkylation sites (tertiary alicyclic amines) is 1. The first-order valence-electron chi connectivity index (χ1n) is 11.0. The fourth-order valence-electron chi connectivity index (χ4n) is 5.01. The number of amides is 2. The number of benzene rings is 1. The largest absolute Gasteiger partial charge is 0.455 e. The molecule has 0 spiro atoms. The predicted octanol–water partition coefficient (Wildman–Crippen LogP) is 3.77. The molecule has 2 amide bonds. The average Bonchev–Trinajstić information content (AvgIpc) is 3.06. The van der Waals surface area contributed by atoms with Crippen LogP contribution in [0.5, 0.6) is 0 Å². The Bertz CT molecular complexity index is 811. The molecule has 4 atom stereocenters. The van der Waals surface area contributed by atoms with Crippen LogP contribution in [0.25, 0.3) is 0 Å². The summed E-state index contributed by atoms with van der Waals surface area (Å²) in [5.74, 6) is -0.274. The monoisotopic (exact) mass is 414 g/mol. The average molecular weight is 415 g/mol. The Kier molecular flexibility index (Phi) is 6.84. The van der Waals surface area contributed by atoms with Crippen LogP contribution in [0.2, 0.25) is 0 Å². The number of carbonyl (C=O) groups is 3. The number of anilines is 1. The van der Waals surface area contributed by atoms with Crippen molar-refractivity contribution in [3.05, 3.63) is 28.8 Å². The summed E-state index contributed by atoms with van der Waals surface area (Å²) < 4.78 is 5.27. The second-order valence-electron chi connectivity index (χ2n) is 9.21. The highest BCUT2D eigenvalue weighted by molar-refractivity contribution is 5.95. The van der Waals surface area contributed by atoms with Gasteiger partial charge in [-0.3, -0.25) is 14.4 Å². The zero-order valence-corrected chi connectivity index (χ0v) is 18.8. The van der Waals surface area contributed by atoms with Gasteiger partial charge in [0.2, 0.25) is 5.91 Å². The van der Waals surface area contributed by atoms with Gasteiger partial charge in [0.05, 0.1) is 5.92 Å². The predicted molar refractivity (Wildman–Crippen MR) is 116 cm³/mol. The first-order chi connectivity index (χ1) is 14.2. The number of rotatable bonds is 5. The van der Waals surface area contributed by atoms with Crippen molar-refractivity contribution in [2.24, 2.45) is 17.8 Å². The van der Waals surface area contributed by atoms with Crippen molar-refractivity contribution >= 4 is 23.5 Å². The maximum atomic E-state index is 12.6.